The average Bonchev–Trinajstić information content (AvgIpc) is 2.45. The van der Waals surface area contributed by atoms with Gasteiger partial charge in [0.1, 0.15) is 6.61 Å². The molecule has 0 heterocycles. The van der Waals surface area contributed by atoms with Crippen LogP contribution in [0.25, 0.3) is 0 Å². The standard InChI is InChI=1S/C20H32O2/c1-7-19(6)20(21)22-15-14-18(5)13-9-12-17(4)11-8-10-16(2)3/h7,10,12,14H,8-9,11,13,15H2,1-6H3/b17-12+,18-14+,19-7+. The molecule has 124 valence electrons. The highest BCUT2D eigenvalue weighted by Gasteiger charge is 2.02. The van der Waals surface area contributed by atoms with Crippen LogP contribution in [0.4, 0.5) is 0 Å². The summed E-state index contributed by atoms with van der Waals surface area (Å²) in [5.41, 5.74) is 4.75. The van der Waals surface area contributed by atoms with Crippen LogP contribution in [0.1, 0.15) is 67.2 Å². The summed E-state index contributed by atoms with van der Waals surface area (Å²) in [6.45, 7) is 12.5. The van der Waals surface area contributed by atoms with Crippen molar-refractivity contribution in [3.63, 3.8) is 0 Å². The average molecular weight is 304 g/mol. The third kappa shape index (κ3) is 11.1. The van der Waals surface area contributed by atoms with Gasteiger partial charge in [-0.3, -0.25) is 0 Å². The molecular formula is C20H32O2. The molecule has 0 rings (SSSR count). The van der Waals surface area contributed by atoms with Crippen molar-refractivity contribution in [2.45, 2.75) is 67.2 Å². The van der Waals surface area contributed by atoms with Crippen LogP contribution in [0.3, 0.4) is 0 Å². The van der Waals surface area contributed by atoms with Crippen LogP contribution in [0.5, 0.6) is 0 Å². The van der Waals surface area contributed by atoms with Crippen molar-refractivity contribution in [3.8, 4) is 0 Å². The SMILES string of the molecule is C/C=C(\C)C(=O)OC/C=C(\C)CC/C=C(\C)CCC=C(C)C. The van der Waals surface area contributed by atoms with Gasteiger partial charge in [0, 0.05) is 5.57 Å². The fourth-order valence-corrected chi connectivity index (χ4v) is 1.83. The predicted octanol–water partition coefficient (Wildman–Crippen LogP) is 5.92. The highest BCUT2D eigenvalue weighted by molar-refractivity contribution is 5.87. The molecular weight excluding hydrogens is 272 g/mol. The van der Waals surface area contributed by atoms with Gasteiger partial charge in [-0.25, -0.2) is 4.79 Å². The maximum absolute atomic E-state index is 11.5. The van der Waals surface area contributed by atoms with Crippen molar-refractivity contribution in [2.24, 2.45) is 0 Å². The first-order valence-corrected chi connectivity index (χ1v) is 8.11. The van der Waals surface area contributed by atoms with Gasteiger partial charge in [0.25, 0.3) is 0 Å². The van der Waals surface area contributed by atoms with Crippen molar-refractivity contribution < 1.29 is 9.53 Å². The van der Waals surface area contributed by atoms with E-state index in [1.165, 1.54) is 16.7 Å². The maximum atomic E-state index is 11.5. The van der Waals surface area contributed by atoms with E-state index in [2.05, 4.69) is 39.8 Å². The fourth-order valence-electron chi connectivity index (χ4n) is 1.83. The van der Waals surface area contributed by atoms with Gasteiger partial charge in [0.05, 0.1) is 0 Å². The van der Waals surface area contributed by atoms with Crippen LogP contribution >= 0.6 is 0 Å². The van der Waals surface area contributed by atoms with Crippen molar-refractivity contribution in [2.75, 3.05) is 6.61 Å². The molecule has 0 aliphatic rings. The molecule has 0 aromatic carbocycles. The molecule has 0 aromatic rings. The highest BCUT2D eigenvalue weighted by atomic mass is 16.5. The number of hydrogen-bond acceptors (Lipinski definition) is 2. The lowest BCUT2D eigenvalue weighted by Gasteiger charge is -2.03. The third-order valence-corrected chi connectivity index (χ3v) is 3.52. The van der Waals surface area contributed by atoms with E-state index in [0.717, 1.165) is 25.7 Å². The summed E-state index contributed by atoms with van der Waals surface area (Å²) in [5, 5.41) is 0. The van der Waals surface area contributed by atoms with Crippen LogP contribution in [0.15, 0.2) is 46.6 Å². The Bertz CT molecular complexity index is 458. The van der Waals surface area contributed by atoms with Crippen molar-refractivity contribution in [3.05, 3.63) is 46.6 Å². The highest BCUT2D eigenvalue weighted by Crippen LogP contribution is 2.11. The number of hydrogen-bond donors (Lipinski definition) is 0. The van der Waals surface area contributed by atoms with E-state index in [1.807, 2.05) is 13.0 Å². The van der Waals surface area contributed by atoms with E-state index in [0.29, 0.717) is 12.2 Å². The van der Waals surface area contributed by atoms with E-state index >= 15 is 0 Å². The minimum absolute atomic E-state index is 0.235. The topological polar surface area (TPSA) is 26.3 Å². The summed E-state index contributed by atoms with van der Waals surface area (Å²) in [4.78, 5) is 11.5. The second-order valence-corrected chi connectivity index (χ2v) is 6.03. The van der Waals surface area contributed by atoms with Gasteiger partial charge in [-0.1, -0.05) is 34.9 Å². The summed E-state index contributed by atoms with van der Waals surface area (Å²) in [5.74, 6) is -0.235. The van der Waals surface area contributed by atoms with Gasteiger partial charge in [0.15, 0.2) is 0 Å². The van der Waals surface area contributed by atoms with E-state index in [-0.39, 0.29) is 5.97 Å². The molecule has 0 fully saturated rings. The number of esters is 1. The Morgan fingerprint density at radius 1 is 0.864 bits per heavy atom. The Labute approximate surface area is 136 Å². The predicted molar refractivity (Wildman–Crippen MR) is 95.8 cm³/mol. The molecule has 0 aromatic heterocycles. The number of carbonyl (C=O) groups excluding carboxylic acids is 1. The first kappa shape index (κ1) is 20.4. The Balaban J connectivity index is 4.02. The molecule has 0 amide bonds. The molecule has 0 saturated heterocycles. The summed E-state index contributed by atoms with van der Waals surface area (Å²) >= 11 is 0. The smallest absolute Gasteiger partial charge is 0.333 e. The molecule has 2 heteroatoms. The first-order chi connectivity index (χ1) is 10.4. The number of allylic oxidation sites excluding steroid dienone is 6. The second-order valence-electron chi connectivity index (χ2n) is 6.03. The van der Waals surface area contributed by atoms with Crippen molar-refractivity contribution in [1.29, 1.82) is 0 Å². The molecule has 0 aliphatic heterocycles. The number of carbonyl (C=O) groups is 1. The lowest BCUT2D eigenvalue weighted by Crippen LogP contribution is -2.05. The van der Waals surface area contributed by atoms with Crippen LogP contribution in [0.2, 0.25) is 0 Å². The van der Waals surface area contributed by atoms with Crippen molar-refractivity contribution >= 4 is 5.97 Å². The minimum Gasteiger partial charge on any atom is -0.458 e. The van der Waals surface area contributed by atoms with Crippen LogP contribution < -0.4 is 0 Å². The molecule has 0 saturated carbocycles. The summed E-state index contributed by atoms with van der Waals surface area (Å²) < 4.78 is 5.16. The quantitative estimate of drug-likeness (QED) is 0.300. The van der Waals surface area contributed by atoms with Gasteiger partial charge in [-0.05, 0) is 73.3 Å². The normalized spacial score (nSPS) is 13.1. The zero-order valence-corrected chi connectivity index (χ0v) is 15.2. The van der Waals surface area contributed by atoms with Crippen LogP contribution in [0, 0.1) is 0 Å². The maximum Gasteiger partial charge on any atom is 0.333 e. The molecule has 0 atom stereocenters. The van der Waals surface area contributed by atoms with E-state index < -0.39 is 0 Å². The Morgan fingerprint density at radius 3 is 1.95 bits per heavy atom. The summed E-state index contributed by atoms with van der Waals surface area (Å²) in [6.07, 6.45) is 12.7. The molecule has 22 heavy (non-hydrogen) atoms. The van der Waals surface area contributed by atoms with Gasteiger partial charge >= 0.3 is 5.97 Å². The summed E-state index contributed by atoms with van der Waals surface area (Å²) in [6, 6.07) is 0. The zero-order chi connectivity index (χ0) is 17.0. The van der Waals surface area contributed by atoms with Crippen molar-refractivity contribution in [1.82, 2.24) is 0 Å². The van der Waals surface area contributed by atoms with E-state index in [1.54, 1.807) is 13.0 Å². The van der Waals surface area contributed by atoms with Crippen LogP contribution in [-0.4, -0.2) is 12.6 Å². The lowest BCUT2D eigenvalue weighted by atomic mass is 10.1. The zero-order valence-electron chi connectivity index (χ0n) is 15.2. The van der Waals surface area contributed by atoms with Gasteiger partial charge in [-0.15, -0.1) is 0 Å². The number of ether oxygens (including phenoxy) is 1. The largest absolute Gasteiger partial charge is 0.458 e. The molecule has 0 radical (unpaired) electrons. The van der Waals surface area contributed by atoms with E-state index in [9.17, 15) is 4.79 Å². The Kier molecular flexibility index (Phi) is 11.2. The lowest BCUT2D eigenvalue weighted by molar-refractivity contribution is -0.137. The minimum atomic E-state index is -0.235. The monoisotopic (exact) mass is 304 g/mol. The Morgan fingerprint density at radius 2 is 1.41 bits per heavy atom. The number of rotatable bonds is 9. The van der Waals surface area contributed by atoms with Gasteiger partial charge in [0.2, 0.25) is 0 Å². The molecule has 0 aliphatic carbocycles. The fraction of sp³-hybridized carbons (Fsp3) is 0.550. The van der Waals surface area contributed by atoms with Gasteiger partial charge in [-0.2, -0.15) is 0 Å². The molecule has 2 nitrogen and oxygen atoms in total. The second kappa shape index (κ2) is 12.0. The molecule has 0 unspecified atom stereocenters. The third-order valence-electron chi connectivity index (χ3n) is 3.52. The molecule has 0 spiro atoms. The Hall–Kier alpha value is -1.57. The first-order valence-electron chi connectivity index (χ1n) is 8.11. The van der Waals surface area contributed by atoms with E-state index in [4.69, 9.17) is 4.74 Å². The summed E-state index contributed by atoms with van der Waals surface area (Å²) in [7, 11) is 0. The molecule has 0 bridgehead atoms. The van der Waals surface area contributed by atoms with Gasteiger partial charge < -0.3 is 4.74 Å². The van der Waals surface area contributed by atoms with Crippen LogP contribution in [-0.2, 0) is 9.53 Å². The molecule has 0 N–H and O–H groups in total.